The van der Waals surface area contributed by atoms with Gasteiger partial charge in [0.05, 0.1) is 26.4 Å². The molecule has 0 spiro atoms. The van der Waals surface area contributed by atoms with Gasteiger partial charge in [0.25, 0.3) is 0 Å². The number of allylic oxidation sites excluding steroid dienone is 34. The molecular formula is C89H140O17P2. The zero-order valence-electron chi connectivity index (χ0n) is 66.4. The quantitative estimate of drug-likeness (QED) is 0.0169. The van der Waals surface area contributed by atoms with E-state index in [0.717, 1.165) is 141 Å². The number of carbonyl (C=O) groups excluding carboxylic acids is 4. The summed E-state index contributed by atoms with van der Waals surface area (Å²) in [6, 6.07) is 0. The van der Waals surface area contributed by atoms with E-state index in [1.54, 1.807) is 0 Å². The number of aliphatic hydroxyl groups is 1. The second-order valence-electron chi connectivity index (χ2n) is 25.9. The zero-order valence-corrected chi connectivity index (χ0v) is 68.2. The van der Waals surface area contributed by atoms with Gasteiger partial charge in [-0.2, -0.15) is 0 Å². The smallest absolute Gasteiger partial charge is 0.462 e. The number of phosphoric acid groups is 2. The Bertz CT molecular complexity index is 2860. The summed E-state index contributed by atoms with van der Waals surface area (Å²) < 4.78 is 68.4. The molecule has 0 saturated heterocycles. The minimum Gasteiger partial charge on any atom is -0.462 e. The Morgan fingerprint density at radius 2 is 0.500 bits per heavy atom. The molecule has 5 atom stereocenters. The van der Waals surface area contributed by atoms with Gasteiger partial charge in [-0.05, 0) is 148 Å². The molecule has 0 aliphatic carbocycles. The second kappa shape index (κ2) is 78.8. The number of rotatable bonds is 73. The maximum absolute atomic E-state index is 13.1. The largest absolute Gasteiger partial charge is 0.472 e. The number of unbranched alkanes of at least 4 members (excludes halogenated alkanes) is 13. The lowest BCUT2D eigenvalue weighted by molar-refractivity contribution is -0.161. The number of phosphoric ester groups is 2. The van der Waals surface area contributed by atoms with Gasteiger partial charge in [0.2, 0.25) is 0 Å². The van der Waals surface area contributed by atoms with Crippen molar-refractivity contribution in [3.8, 4) is 0 Å². The molecule has 0 rings (SSSR count). The van der Waals surface area contributed by atoms with Crippen LogP contribution in [0.15, 0.2) is 207 Å². The first-order valence-corrected chi connectivity index (χ1v) is 43.3. The van der Waals surface area contributed by atoms with E-state index in [1.807, 2.05) is 36.5 Å². The van der Waals surface area contributed by atoms with Gasteiger partial charge < -0.3 is 33.8 Å². The minimum atomic E-state index is -5.02. The van der Waals surface area contributed by atoms with Crippen molar-refractivity contribution in [3.05, 3.63) is 207 Å². The predicted molar refractivity (Wildman–Crippen MR) is 445 cm³/mol. The maximum atomic E-state index is 13.1. The molecule has 0 aliphatic heterocycles. The van der Waals surface area contributed by atoms with E-state index in [4.69, 9.17) is 37.0 Å². The van der Waals surface area contributed by atoms with Gasteiger partial charge in [-0.15, -0.1) is 0 Å². The second-order valence-corrected chi connectivity index (χ2v) is 28.8. The van der Waals surface area contributed by atoms with Gasteiger partial charge in [-0.25, -0.2) is 9.13 Å². The predicted octanol–water partition coefficient (Wildman–Crippen LogP) is 23.9. The summed E-state index contributed by atoms with van der Waals surface area (Å²) in [5.41, 5.74) is 0. The first-order chi connectivity index (χ1) is 52.7. The molecule has 0 aromatic heterocycles. The molecular weight excluding hydrogens is 1400 g/mol. The number of carbonyl (C=O) groups is 4. The normalized spacial score (nSPS) is 14.9. The zero-order chi connectivity index (χ0) is 78.9. The van der Waals surface area contributed by atoms with Crippen LogP contribution in [0.2, 0.25) is 0 Å². The first kappa shape index (κ1) is 102. The number of hydrogen-bond donors (Lipinski definition) is 3. The fraction of sp³-hybridized carbons (Fsp3) is 0.573. The highest BCUT2D eigenvalue weighted by molar-refractivity contribution is 7.47. The van der Waals surface area contributed by atoms with E-state index < -0.39 is 97.5 Å². The number of aliphatic hydroxyl groups excluding tert-OH is 1. The van der Waals surface area contributed by atoms with Gasteiger partial charge in [0.1, 0.15) is 19.3 Å². The van der Waals surface area contributed by atoms with Crippen molar-refractivity contribution in [1.29, 1.82) is 0 Å². The lowest BCUT2D eigenvalue weighted by atomic mass is 10.1. The van der Waals surface area contributed by atoms with Crippen LogP contribution in [0.3, 0.4) is 0 Å². The molecule has 19 heteroatoms. The van der Waals surface area contributed by atoms with Crippen molar-refractivity contribution in [2.45, 2.75) is 290 Å². The molecule has 0 amide bonds. The molecule has 0 aliphatic rings. The van der Waals surface area contributed by atoms with Crippen LogP contribution in [0.5, 0.6) is 0 Å². The van der Waals surface area contributed by atoms with Crippen molar-refractivity contribution in [2.75, 3.05) is 39.6 Å². The highest BCUT2D eigenvalue weighted by atomic mass is 31.2. The monoisotopic (exact) mass is 1540 g/mol. The molecule has 0 aromatic rings. The van der Waals surface area contributed by atoms with E-state index in [0.29, 0.717) is 38.5 Å². The van der Waals surface area contributed by atoms with Crippen LogP contribution in [0, 0.1) is 0 Å². The van der Waals surface area contributed by atoms with Crippen molar-refractivity contribution < 1.29 is 80.2 Å². The van der Waals surface area contributed by atoms with Crippen LogP contribution in [0.25, 0.3) is 0 Å². The molecule has 0 radical (unpaired) electrons. The highest BCUT2D eigenvalue weighted by Gasteiger charge is 2.30. The van der Waals surface area contributed by atoms with Crippen molar-refractivity contribution >= 4 is 39.5 Å². The van der Waals surface area contributed by atoms with Crippen molar-refractivity contribution in [3.63, 3.8) is 0 Å². The Balaban J connectivity index is 5.52. The van der Waals surface area contributed by atoms with E-state index in [1.165, 1.54) is 38.5 Å². The molecule has 5 unspecified atom stereocenters. The fourth-order valence-corrected chi connectivity index (χ4v) is 11.3. The van der Waals surface area contributed by atoms with E-state index in [-0.39, 0.29) is 25.7 Å². The maximum Gasteiger partial charge on any atom is 0.472 e. The van der Waals surface area contributed by atoms with E-state index >= 15 is 0 Å². The molecule has 17 nitrogen and oxygen atoms in total. The molecule has 608 valence electrons. The molecule has 3 N–H and O–H groups in total. The van der Waals surface area contributed by atoms with Crippen LogP contribution in [-0.4, -0.2) is 96.7 Å². The summed E-state index contributed by atoms with van der Waals surface area (Å²) in [7, 11) is -10.0. The lowest BCUT2D eigenvalue weighted by Crippen LogP contribution is -2.30. The summed E-state index contributed by atoms with van der Waals surface area (Å²) >= 11 is 0. The van der Waals surface area contributed by atoms with Crippen LogP contribution >= 0.6 is 15.6 Å². The van der Waals surface area contributed by atoms with Gasteiger partial charge in [-0.3, -0.25) is 37.3 Å². The molecule has 0 fully saturated rings. The fourth-order valence-electron chi connectivity index (χ4n) is 9.77. The first-order valence-electron chi connectivity index (χ1n) is 40.3. The van der Waals surface area contributed by atoms with Crippen molar-refractivity contribution in [2.24, 2.45) is 0 Å². The third kappa shape index (κ3) is 77.8. The molecule has 108 heavy (non-hydrogen) atoms. The molecule has 0 heterocycles. The van der Waals surface area contributed by atoms with Crippen LogP contribution in [0.1, 0.15) is 272 Å². The van der Waals surface area contributed by atoms with Gasteiger partial charge in [0, 0.05) is 25.7 Å². The summed E-state index contributed by atoms with van der Waals surface area (Å²) in [6.07, 6.45) is 98.4. The number of hydrogen-bond acceptors (Lipinski definition) is 15. The Morgan fingerprint density at radius 3 is 0.778 bits per heavy atom. The van der Waals surface area contributed by atoms with Crippen LogP contribution in [0.4, 0.5) is 0 Å². The minimum absolute atomic E-state index is 0.0186. The van der Waals surface area contributed by atoms with E-state index in [9.17, 15) is 43.2 Å². The summed E-state index contributed by atoms with van der Waals surface area (Å²) in [5, 5.41) is 10.6. The van der Waals surface area contributed by atoms with Gasteiger partial charge in [-0.1, -0.05) is 305 Å². The Morgan fingerprint density at radius 1 is 0.269 bits per heavy atom. The Kier molecular flexibility index (Phi) is 74.1. The van der Waals surface area contributed by atoms with Crippen molar-refractivity contribution in [1.82, 2.24) is 0 Å². The van der Waals surface area contributed by atoms with Gasteiger partial charge in [0.15, 0.2) is 12.2 Å². The number of ether oxygens (including phenoxy) is 4. The molecule has 0 aromatic carbocycles. The molecule has 0 bridgehead atoms. The third-order valence-corrected chi connectivity index (χ3v) is 17.7. The van der Waals surface area contributed by atoms with Crippen LogP contribution in [-0.2, 0) is 65.4 Å². The third-order valence-electron chi connectivity index (χ3n) is 15.8. The topological polar surface area (TPSA) is 237 Å². The SMILES string of the molecule is CC/C=C\C/C=C\C/C=C\C/C=C\C/C=C\C/C=C\CCC(=O)OCC(COP(=O)(O)OCC(O)COP(=O)(O)OCC(COC(=O)CC/C=C\C/C=C\C/C=C\C/C=C\C/C=C\C/C=C\CC)OC(=O)CCCCCCCCCCCCC)OC(=O)CCCCC/C=C\C/C=C\C/C=C\C/C=C\C/C=C\CC. The number of esters is 4. The van der Waals surface area contributed by atoms with Gasteiger partial charge >= 0.3 is 39.5 Å². The Labute approximate surface area is 652 Å². The summed E-state index contributed by atoms with van der Waals surface area (Å²) in [5.74, 6) is -2.43. The lowest BCUT2D eigenvalue weighted by Gasteiger charge is -2.21. The summed E-state index contributed by atoms with van der Waals surface area (Å²) in [4.78, 5) is 73.0. The van der Waals surface area contributed by atoms with Crippen LogP contribution < -0.4 is 0 Å². The highest BCUT2D eigenvalue weighted by Crippen LogP contribution is 2.45. The standard InChI is InChI=1S/C89H140O17P2/c1-5-9-13-17-21-25-29-32-35-38-41-44-47-50-54-57-61-65-69-73-86(91)99-79-84(105-88(93)75-71-67-63-59-53-28-24-20-16-12-8-4)81-103-107(95,96)101-77-83(90)78-102-108(97,98)104-82-85(106-89(94)76-72-68-64-60-56-52-49-46-43-40-37-34-31-27-23-19-15-11-7-3)80-100-87(92)74-70-66-62-58-55-51-48-45-42-39-36-33-30-26-22-18-14-10-6-2/h9-11,13-15,21-23,25-27,32-37,41-46,50-52,54-56,61-62,65-66,83-85,90H,5-8,12,16-20,24,28-31,38-40,47-49,53,57-60,63-64,67-82H2,1-4H3,(H,95,96)(H,97,98)/b13-9-,14-10-,15-11-,25-21-,26-22-,27-23-,35-32-,36-33-,37-34-,44-41-,45-42-,46-43-,54-50-,55-51-,56-52-,65-61-,66-62-. The van der Waals surface area contributed by atoms with E-state index in [2.05, 4.69) is 198 Å². The molecule has 0 saturated carbocycles. The average Bonchev–Trinajstić information content (AvgIpc) is 0.917. The summed E-state index contributed by atoms with van der Waals surface area (Å²) in [6.45, 7) is 4.28. The Hall–Kier alpha value is -6.36. The average molecular weight is 1540 g/mol.